The molecule has 0 aliphatic carbocycles. The molecule has 2 rings (SSSR count). The molecule has 2 heterocycles. The van der Waals surface area contributed by atoms with Crippen LogP contribution in [-0.2, 0) is 0 Å². The van der Waals surface area contributed by atoms with Crippen molar-refractivity contribution in [1.82, 2.24) is 16.0 Å². The molecule has 0 aromatic rings. The minimum absolute atomic E-state index is 0.419. The molecule has 0 spiro atoms. The third-order valence-corrected chi connectivity index (χ3v) is 1.94. The van der Waals surface area contributed by atoms with Crippen LogP contribution in [0.5, 0.6) is 0 Å². The van der Waals surface area contributed by atoms with Crippen LogP contribution in [0.15, 0.2) is 4.99 Å². The summed E-state index contributed by atoms with van der Waals surface area (Å²) in [5, 5.41) is 9.87. The van der Waals surface area contributed by atoms with Crippen molar-refractivity contribution < 1.29 is 0 Å². The largest absolute Gasteiger partial charge is 0.369 e. The SMILES string of the molecule is C1=NCC(C2NCCN2)N1. The average Bonchev–Trinajstić information content (AvgIpc) is 2.59. The van der Waals surface area contributed by atoms with Gasteiger partial charge in [0.25, 0.3) is 0 Å². The first-order valence-corrected chi connectivity index (χ1v) is 3.68. The Hall–Kier alpha value is -0.610. The summed E-state index contributed by atoms with van der Waals surface area (Å²) in [7, 11) is 0. The molecule has 0 radical (unpaired) electrons. The zero-order valence-electron chi connectivity index (χ0n) is 5.80. The first-order valence-electron chi connectivity index (χ1n) is 3.68. The predicted octanol–water partition coefficient (Wildman–Crippen LogP) is -1.49. The summed E-state index contributed by atoms with van der Waals surface area (Å²) >= 11 is 0. The minimum Gasteiger partial charge on any atom is -0.369 e. The first kappa shape index (κ1) is 6.12. The van der Waals surface area contributed by atoms with Gasteiger partial charge in [-0.05, 0) is 0 Å². The van der Waals surface area contributed by atoms with Gasteiger partial charge >= 0.3 is 0 Å². The van der Waals surface area contributed by atoms with E-state index in [1.165, 1.54) is 0 Å². The highest BCUT2D eigenvalue weighted by Gasteiger charge is 2.24. The zero-order chi connectivity index (χ0) is 6.81. The van der Waals surface area contributed by atoms with Crippen LogP contribution < -0.4 is 16.0 Å². The zero-order valence-corrected chi connectivity index (χ0v) is 5.80. The van der Waals surface area contributed by atoms with Crippen LogP contribution in [0, 0.1) is 0 Å². The van der Waals surface area contributed by atoms with Crippen molar-refractivity contribution in [3.8, 4) is 0 Å². The molecule has 1 unspecified atom stereocenters. The van der Waals surface area contributed by atoms with Crippen molar-refractivity contribution in [1.29, 1.82) is 0 Å². The standard InChI is InChI=1S/C6H12N4/c1-2-9-6(8-1)5-3-7-4-10-5/h4-6,8-9H,1-3H2,(H,7,10). The molecule has 0 saturated carbocycles. The van der Waals surface area contributed by atoms with Crippen LogP contribution >= 0.6 is 0 Å². The third kappa shape index (κ3) is 0.998. The summed E-state index contributed by atoms with van der Waals surface area (Å²) in [5.41, 5.74) is 0. The number of hydrogen-bond donors (Lipinski definition) is 3. The summed E-state index contributed by atoms with van der Waals surface area (Å²) < 4.78 is 0. The fraction of sp³-hybridized carbons (Fsp3) is 0.833. The lowest BCUT2D eigenvalue weighted by Crippen LogP contribution is -2.49. The molecule has 4 nitrogen and oxygen atoms in total. The van der Waals surface area contributed by atoms with E-state index in [1.807, 2.05) is 0 Å². The second kappa shape index (κ2) is 2.56. The normalized spacial score (nSPS) is 33.0. The highest BCUT2D eigenvalue weighted by Crippen LogP contribution is 1.98. The van der Waals surface area contributed by atoms with Gasteiger partial charge in [0.2, 0.25) is 0 Å². The predicted molar refractivity (Wildman–Crippen MR) is 40.1 cm³/mol. The lowest BCUT2D eigenvalue weighted by Gasteiger charge is -2.17. The number of nitrogens with zero attached hydrogens (tertiary/aromatic N) is 1. The van der Waals surface area contributed by atoms with Crippen molar-refractivity contribution in [3.05, 3.63) is 0 Å². The van der Waals surface area contributed by atoms with E-state index >= 15 is 0 Å². The molecule has 56 valence electrons. The Morgan fingerprint density at radius 1 is 1.30 bits per heavy atom. The molecule has 4 heteroatoms. The summed E-state index contributed by atoms with van der Waals surface area (Å²) in [6, 6.07) is 0.461. The highest BCUT2D eigenvalue weighted by atomic mass is 15.2. The van der Waals surface area contributed by atoms with Crippen LogP contribution in [-0.4, -0.2) is 38.2 Å². The lowest BCUT2D eigenvalue weighted by molar-refractivity contribution is 0.442. The number of hydrogen-bond acceptors (Lipinski definition) is 4. The Labute approximate surface area is 60.1 Å². The molecule has 0 aromatic carbocycles. The van der Waals surface area contributed by atoms with Crippen LogP contribution in [0.25, 0.3) is 0 Å². The maximum atomic E-state index is 4.09. The number of aliphatic imine (C=N–C) groups is 1. The molecular weight excluding hydrogens is 128 g/mol. The van der Waals surface area contributed by atoms with E-state index in [9.17, 15) is 0 Å². The Kier molecular flexibility index (Phi) is 1.56. The number of nitrogens with one attached hydrogen (secondary N) is 3. The van der Waals surface area contributed by atoms with Gasteiger partial charge in [0.1, 0.15) is 0 Å². The van der Waals surface area contributed by atoms with Crippen molar-refractivity contribution >= 4 is 6.34 Å². The summed E-state index contributed by atoms with van der Waals surface area (Å²) in [4.78, 5) is 4.09. The van der Waals surface area contributed by atoms with Gasteiger partial charge in [-0.25, -0.2) is 0 Å². The van der Waals surface area contributed by atoms with E-state index in [4.69, 9.17) is 0 Å². The van der Waals surface area contributed by atoms with E-state index in [0.717, 1.165) is 19.6 Å². The van der Waals surface area contributed by atoms with E-state index in [2.05, 4.69) is 20.9 Å². The van der Waals surface area contributed by atoms with Crippen molar-refractivity contribution in [3.63, 3.8) is 0 Å². The van der Waals surface area contributed by atoms with Crippen LogP contribution in [0.2, 0.25) is 0 Å². The first-order chi connectivity index (χ1) is 4.97. The molecule has 0 bridgehead atoms. The second-order valence-corrected chi connectivity index (χ2v) is 2.65. The third-order valence-electron chi connectivity index (χ3n) is 1.94. The molecule has 2 aliphatic heterocycles. The van der Waals surface area contributed by atoms with Crippen molar-refractivity contribution in [2.45, 2.75) is 12.2 Å². The van der Waals surface area contributed by atoms with Crippen LogP contribution in [0.3, 0.4) is 0 Å². The van der Waals surface area contributed by atoms with Crippen molar-refractivity contribution in [2.75, 3.05) is 19.6 Å². The molecule has 1 atom stereocenters. The smallest absolute Gasteiger partial charge is 0.0828 e. The second-order valence-electron chi connectivity index (χ2n) is 2.65. The van der Waals surface area contributed by atoms with E-state index in [0.29, 0.717) is 12.2 Å². The molecule has 1 saturated heterocycles. The van der Waals surface area contributed by atoms with Gasteiger partial charge in [-0.15, -0.1) is 0 Å². The summed E-state index contributed by atoms with van der Waals surface area (Å²) in [5.74, 6) is 0. The number of rotatable bonds is 1. The maximum Gasteiger partial charge on any atom is 0.0828 e. The molecule has 0 amide bonds. The topological polar surface area (TPSA) is 48.5 Å². The van der Waals surface area contributed by atoms with Crippen LogP contribution in [0.4, 0.5) is 0 Å². The Morgan fingerprint density at radius 2 is 2.10 bits per heavy atom. The quantitative estimate of drug-likeness (QED) is 0.416. The van der Waals surface area contributed by atoms with E-state index in [-0.39, 0.29) is 0 Å². The Morgan fingerprint density at radius 3 is 2.70 bits per heavy atom. The molecule has 2 aliphatic rings. The summed E-state index contributed by atoms with van der Waals surface area (Å²) in [6.07, 6.45) is 2.20. The fourth-order valence-corrected chi connectivity index (χ4v) is 1.38. The van der Waals surface area contributed by atoms with Gasteiger partial charge in [0.15, 0.2) is 0 Å². The van der Waals surface area contributed by atoms with Gasteiger partial charge in [0.05, 0.1) is 25.1 Å². The minimum atomic E-state index is 0.419. The van der Waals surface area contributed by atoms with E-state index in [1.54, 1.807) is 6.34 Å². The van der Waals surface area contributed by atoms with Gasteiger partial charge in [-0.1, -0.05) is 0 Å². The molecule has 1 fully saturated rings. The Bertz CT molecular complexity index is 131. The fourth-order valence-electron chi connectivity index (χ4n) is 1.38. The monoisotopic (exact) mass is 140 g/mol. The lowest BCUT2D eigenvalue weighted by atomic mass is 10.2. The highest BCUT2D eigenvalue weighted by molar-refractivity contribution is 5.57. The summed E-state index contributed by atoms with van der Waals surface area (Å²) in [6.45, 7) is 3.04. The van der Waals surface area contributed by atoms with Crippen molar-refractivity contribution in [2.24, 2.45) is 4.99 Å². The molecular formula is C6H12N4. The van der Waals surface area contributed by atoms with E-state index < -0.39 is 0 Å². The van der Waals surface area contributed by atoms with Gasteiger partial charge < -0.3 is 5.32 Å². The molecule has 3 N–H and O–H groups in total. The average molecular weight is 140 g/mol. The maximum absolute atomic E-state index is 4.09. The van der Waals surface area contributed by atoms with Crippen LogP contribution in [0.1, 0.15) is 0 Å². The van der Waals surface area contributed by atoms with Gasteiger partial charge in [0, 0.05) is 13.1 Å². The molecule has 0 aromatic heterocycles. The van der Waals surface area contributed by atoms with Gasteiger partial charge in [-0.2, -0.15) is 0 Å². The molecule has 10 heavy (non-hydrogen) atoms. The van der Waals surface area contributed by atoms with Gasteiger partial charge in [-0.3, -0.25) is 15.6 Å². The Balaban J connectivity index is 1.87.